The van der Waals surface area contributed by atoms with Gasteiger partial charge in [-0.1, -0.05) is 0 Å². The van der Waals surface area contributed by atoms with Crippen LogP contribution in [0.2, 0.25) is 0 Å². The summed E-state index contributed by atoms with van der Waals surface area (Å²) in [5, 5.41) is 3.43. The average Bonchev–Trinajstić information content (AvgIpc) is 3.31. The number of esters is 1. The highest BCUT2D eigenvalue weighted by atomic mass is 16.5. The van der Waals surface area contributed by atoms with Gasteiger partial charge in [0.15, 0.2) is 0 Å². The van der Waals surface area contributed by atoms with Crippen LogP contribution in [0.5, 0.6) is 0 Å². The smallest absolute Gasteiger partial charge is 0.325 e. The Kier molecular flexibility index (Phi) is 6.45. The molecule has 1 heterocycles. The van der Waals surface area contributed by atoms with Crippen molar-refractivity contribution in [2.75, 3.05) is 26.9 Å². The first-order chi connectivity index (χ1) is 10.1. The zero-order valence-electron chi connectivity index (χ0n) is 13.4. The average molecular weight is 299 g/mol. The van der Waals surface area contributed by atoms with Gasteiger partial charge in [-0.05, 0) is 51.9 Å². The van der Waals surface area contributed by atoms with Crippen molar-refractivity contribution < 1.29 is 19.0 Å². The second-order valence-corrected chi connectivity index (χ2v) is 6.38. The quantitative estimate of drug-likeness (QED) is 0.521. The molecule has 0 aromatic heterocycles. The largest absolute Gasteiger partial charge is 0.468 e. The highest BCUT2D eigenvalue weighted by Gasteiger charge is 2.38. The number of methoxy groups -OCH3 is 1. The highest BCUT2D eigenvalue weighted by Crippen LogP contribution is 2.26. The molecule has 1 unspecified atom stereocenters. The fraction of sp³-hybridized carbons (Fsp3) is 0.938. The Hall–Kier alpha value is -0.650. The van der Waals surface area contributed by atoms with Gasteiger partial charge in [0, 0.05) is 25.9 Å². The number of unbranched alkanes of at least 4 members (excludes halogenated alkanes) is 1. The van der Waals surface area contributed by atoms with Gasteiger partial charge in [0.05, 0.1) is 13.2 Å². The van der Waals surface area contributed by atoms with E-state index in [2.05, 4.69) is 5.32 Å². The number of ether oxygens (including phenoxy) is 3. The maximum Gasteiger partial charge on any atom is 0.325 e. The lowest BCUT2D eigenvalue weighted by atomic mass is 9.94. The lowest BCUT2D eigenvalue weighted by Gasteiger charge is -2.28. The van der Waals surface area contributed by atoms with Crippen LogP contribution in [-0.4, -0.2) is 50.6 Å². The van der Waals surface area contributed by atoms with Gasteiger partial charge in [0.25, 0.3) is 0 Å². The van der Waals surface area contributed by atoms with Crippen LogP contribution in [0.3, 0.4) is 0 Å². The van der Waals surface area contributed by atoms with Gasteiger partial charge in [0.1, 0.15) is 5.54 Å². The van der Waals surface area contributed by atoms with Crippen molar-refractivity contribution in [3.05, 3.63) is 0 Å². The van der Waals surface area contributed by atoms with Gasteiger partial charge in [-0.2, -0.15) is 0 Å². The van der Waals surface area contributed by atoms with Crippen molar-refractivity contribution in [3.63, 3.8) is 0 Å². The van der Waals surface area contributed by atoms with Crippen LogP contribution in [-0.2, 0) is 19.0 Å². The molecule has 1 N–H and O–H groups in total. The number of rotatable bonds is 9. The van der Waals surface area contributed by atoms with E-state index in [1.54, 1.807) is 0 Å². The molecule has 1 aliphatic heterocycles. The summed E-state index contributed by atoms with van der Waals surface area (Å²) in [6, 6.07) is 0.493. The summed E-state index contributed by atoms with van der Waals surface area (Å²) in [6.07, 6.45) is 7.44. The fourth-order valence-corrected chi connectivity index (χ4v) is 2.81. The molecule has 2 fully saturated rings. The Balaban J connectivity index is 1.63. The number of carbonyl (C=O) groups excluding carboxylic acids is 1. The zero-order valence-corrected chi connectivity index (χ0v) is 13.4. The monoisotopic (exact) mass is 299 g/mol. The van der Waals surface area contributed by atoms with Crippen LogP contribution in [0, 0.1) is 0 Å². The number of carbonyl (C=O) groups is 1. The Morgan fingerprint density at radius 2 is 1.95 bits per heavy atom. The maximum atomic E-state index is 12.0. The summed E-state index contributed by atoms with van der Waals surface area (Å²) in [4.78, 5) is 12.0. The SMILES string of the molecule is COC(=O)C(C)(CCCCOC1CCOCC1)NC1CC1. The molecular formula is C16H29NO4. The summed E-state index contributed by atoms with van der Waals surface area (Å²) in [6.45, 7) is 4.36. The number of nitrogens with one attached hydrogen (secondary N) is 1. The molecule has 1 aliphatic carbocycles. The normalized spacial score (nSPS) is 22.8. The minimum absolute atomic E-state index is 0.153. The molecule has 0 bridgehead atoms. The molecule has 0 amide bonds. The summed E-state index contributed by atoms with van der Waals surface area (Å²) in [7, 11) is 1.46. The molecule has 1 saturated heterocycles. The van der Waals surface area contributed by atoms with E-state index in [1.807, 2.05) is 6.92 Å². The third kappa shape index (κ3) is 5.57. The molecule has 5 heteroatoms. The van der Waals surface area contributed by atoms with Crippen molar-refractivity contribution in [2.45, 2.75) is 69.6 Å². The summed E-state index contributed by atoms with van der Waals surface area (Å²) in [5.41, 5.74) is -0.547. The van der Waals surface area contributed by atoms with E-state index in [4.69, 9.17) is 14.2 Å². The van der Waals surface area contributed by atoms with Crippen molar-refractivity contribution in [3.8, 4) is 0 Å². The molecule has 1 saturated carbocycles. The lowest BCUT2D eigenvalue weighted by molar-refractivity contribution is -0.148. The van der Waals surface area contributed by atoms with E-state index in [0.717, 1.165) is 51.9 Å². The van der Waals surface area contributed by atoms with Crippen molar-refractivity contribution in [1.29, 1.82) is 0 Å². The van der Waals surface area contributed by atoms with Gasteiger partial charge in [-0.3, -0.25) is 10.1 Å². The van der Waals surface area contributed by atoms with E-state index in [1.165, 1.54) is 20.0 Å². The van der Waals surface area contributed by atoms with E-state index in [0.29, 0.717) is 12.1 Å². The van der Waals surface area contributed by atoms with Crippen LogP contribution in [0.1, 0.15) is 51.9 Å². The first kappa shape index (κ1) is 16.7. The molecular weight excluding hydrogens is 270 g/mol. The van der Waals surface area contributed by atoms with Crippen LogP contribution in [0.4, 0.5) is 0 Å². The second kappa shape index (κ2) is 8.11. The molecule has 0 aromatic carbocycles. The third-order valence-corrected chi connectivity index (χ3v) is 4.33. The summed E-state index contributed by atoms with van der Waals surface area (Å²) in [5.74, 6) is -0.153. The van der Waals surface area contributed by atoms with E-state index >= 15 is 0 Å². The molecule has 2 rings (SSSR count). The minimum Gasteiger partial charge on any atom is -0.468 e. The number of hydrogen-bond donors (Lipinski definition) is 1. The Morgan fingerprint density at radius 1 is 1.24 bits per heavy atom. The molecule has 2 aliphatic rings. The highest BCUT2D eigenvalue weighted by molar-refractivity contribution is 5.80. The van der Waals surface area contributed by atoms with Crippen molar-refractivity contribution >= 4 is 5.97 Å². The third-order valence-electron chi connectivity index (χ3n) is 4.33. The zero-order chi connectivity index (χ0) is 15.1. The second-order valence-electron chi connectivity index (χ2n) is 6.38. The molecule has 0 spiro atoms. The lowest BCUT2D eigenvalue weighted by Crippen LogP contribution is -2.51. The van der Waals surface area contributed by atoms with Gasteiger partial charge in [-0.25, -0.2) is 0 Å². The van der Waals surface area contributed by atoms with Crippen molar-refractivity contribution in [2.24, 2.45) is 0 Å². The fourth-order valence-electron chi connectivity index (χ4n) is 2.81. The van der Waals surface area contributed by atoms with Crippen LogP contribution in [0.15, 0.2) is 0 Å². The minimum atomic E-state index is -0.547. The predicted molar refractivity (Wildman–Crippen MR) is 80.2 cm³/mol. The Bertz CT molecular complexity index is 326. The molecule has 122 valence electrons. The topological polar surface area (TPSA) is 56.8 Å². The van der Waals surface area contributed by atoms with Gasteiger partial charge in [-0.15, -0.1) is 0 Å². The summed E-state index contributed by atoms with van der Waals surface area (Å²) < 4.78 is 16.1. The van der Waals surface area contributed by atoms with Crippen LogP contribution in [0.25, 0.3) is 0 Å². The van der Waals surface area contributed by atoms with Crippen molar-refractivity contribution in [1.82, 2.24) is 5.32 Å². The Morgan fingerprint density at radius 3 is 2.57 bits per heavy atom. The molecule has 1 atom stereocenters. The Labute approximate surface area is 127 Å². The molecule has 0 aromatic rings. The first-order valence-electron chi connectivity index (χ1n) is 8.19. The maximum absolute atomic E-state index is 12.0. The predicted octanol–water partition coefficient (Wildman–Crippen LogP) is 2.04. The first-order valence-corrected chi connectivity index (χ1v) is 8.19. The molecule has 5 nitrogen and oxygen atoms in total. The molecule has 21 heavy (non-hydrogen) atoms. The van der Waals surface area contributed by atoms with Crippen LogP contribution < -0.4 is 5.32 Å². The standard InChI is InChI=1S/C16H29NO4/c1-16(15(18)19-2,17-13-5-6-13)9-3-4-10-21-14-7-11-20-12-8-14/h13-14,17H,3-12H2,1-2H3. The van der Waals surface area contributed by atoms with E-state index in [9.17, 15) is 4.79 Å². The van der Waals surface area contributed by atoms with Gasteiger partial charge in [0.2, 0.25) is 0 Å². The molecule has 0 radical (unpaired) electrons. The van der Waals surface area contributed by atoms with Crippen LogP contribution >= 0.6 is 0 Å². The van der Waals surface area contributed by atoms with E-state index < -0.39 is 5.54 Å². The number of hydrogen-bond acceptors (Lipinski definition) is 5. The van der Waals surface area contributed by atoms with Gasteiger partial charge >= 0.3 is 5.97 Å². The summed E-state index contributed by atoms with van der Waals surface area (Å²) >= 11 is 0. The van der Waals surface area contributed by atoms with E-state index in [-0.39, 0.29) is 5.97 Å². The van der Waals surface area contributed by atoms with Gasteiger partial charge < -0.3 is 14.2 Å².